The van der Waals surface area contributed by atoms with E-state index in [4.69, 9.17) is 9.47 Å². The van der Waals surface area contributed by atoms with Crippen molar-refractivity contribution in [1.82, 2.24) is 5.32 Å². The van der Waals surface area contributed by atoms with Gasteiger partial charge in [0, 0.05) is 0 Å². The van der Waals surface area contributed by atoms with E-state index >= 15 is 0 Å². The van der Waals surface area contributed by atoms with Gasteiger partial charge in [-0.05, 0) is 32.9 Å². The summed E-state index contributed by atoms with van der Waals surface area (Å²) in [5.41, 5.74) is -0.537. The first kappa shape index (κ1) is 15.0. The Labute approximate surface area is 112 Å². The minimum absolute atomic E-state index is 0.125. The lowest BCUT2D eigenvalue weighted by molar-refractivity contribution is -0.152. The number of esters is 1. The van der Waals surface area contributed by atoms with Crippen molar-refractivity contribution in [2.75, 3.05) is 13.2 Å². The van der Waals surface area contributed by atoms with Gasteiger partial charge in [0.05, 0.1) is 12.0 Å². The molecule has 19 heavy (non-hydrogen) atoms. The first-order chi connectivity index (χ1) is 8.89. The summed E-state index contributed by atoms with van der Waals surface area (Å²) in [6.07, 6.45) is -0.571. The zero-order valence-electron chi connectivity index (χ0n) is 11.4. The van der Waals surface area contributed by atoms with E-state index in [0.717, 1.165) is 0 Å². The summed E-state index contributed by atoms with van der Waals surface area (Å²) >= 11 is 0. The van der Waals surface area contributed by atoms with Gasteiger partial charge in [-0.2, -0.15) is 0 Å². The zero-order chi connectivity index (χ0) is 14.3. The van der Waals surface area contributed by atoms with Gasteiger partial charge in [-0.25, -0.2) is 4.79 Å². The van der Waals surface area contributed by atoms with E-state index in [1.165, 1.54) is 0 Å². The largest absolute Gasteiger partial charge is 0.463 e. The van der Waals surface area contributed by atoms with Crippen molar-refractivity contribution >= 4 is 12.1 Å². The molecule has 0 spiro atoms. The van der Waals surface area contributed by atoms with E-state index in [9.17, 15) is 9.59 Å². The fourth-order valence-corrected chi connectivity index (χ4v) is 1.14. The van der Waals surface area contributed by atoms with Gasteiger partial charge in [0.1, 0.15) is 12.4 Å². The molecule has 1 rings (SSSR count). The first-order valence-corrected chi connectivity index (χ1v) is 6.07. The molecule has 5 nitrogen and oxygen atoms in total. The number of carbonyl (C=O) groups excluding carboxylic acids is 2. The lowest BCUT2D eigenvalue weighted by Crippen LogP contribution is -2.32. The zero-order valence-corrected chi connectivity index (χ0v) is 11.4. The van der Waals surface area contributed by atoms with E-state index in [1.54, 1.807) is 45.0 Å². The van der Waals surface area contributed by atoms with Gasteiger partial charge >= 0.3 is 12.1 Å². The molecule has 0 aliphatic rings. The van der Waals surface area contributed by atoms with Crippen LogP contribution in [-0.2, 0) is 9.53 Å². The van der Waals surface area contributed by atoms with Gasteiger partial charge in [-0.3, -0.25) is 4.79 Å². The molecule has 0 aliphatic carbocycles. The van der Waals surface area contributed by atoms with Crippen LogP contribution in [0.4, 0.5) is 4.79 Å². The lowest BCUT2D eigenvalue weighted by atomic mass is 9.97. The molecule has 0 saturated carbocycles. The Hall–Kier alpha value is -2.04. The summed E-state index contributed by atoms with van der Waals surface area (Å²) in [7, 11) is 0. The summed E-state index contributed by atoms with van der Waals surface area (Å²) < 4.78 is 10.00. The lowest BCUT2D eigenvalue weighted by Gasteiger charge is -2.16. The van der Waals surface area contributed by atoms with Crippen molar-refractivity contribution in [2.45, 2.75) is 20.8 Å². The van der Waals surface area contributed by atoms with Crippen LogP contribution in [0.25, 0.3) is 0 Å². The molecule has 1 N–H and O–H groups in total. The van der Waals surface area contributed by atoms with Crippen molar-refractivity contribution < 1.29 is 19.1 Å². The third kappa shape index (κ3) is 5.90. The monoisotopic (exact) mass is 265 g/mol. The highest BCUT2D eigenvalue weighted by Gasteiger charge is 2.22. The van der Waals surface area contributed by atoms with E-state index in [2.05, 4.69) is 5.32 Å². The Morgan fingerprint density at radius 2 is 1.79 bits per heavy atom. The van der Waals surface area contributed by atoms with Crippen LogP contribution in [0.2, 0.25) is 0 Å². The fourth-order valence-electron chi connectivity index (χ4n) is 1.14. The molecular formula is C14H19NO4. The second-order valence-electron chi connectivity index (χ2n) is 5.02. The van der Waals surface area contributed by atoms with E-state index in [-0.39, 0.29) is 19.1 Å². The molecule has 104 valence electrons. The number of hydrogen-bond acceptors (Lipinski definition) is 4. The Bertz CT molecular complexity index is 423. The minimum Gasteiger partial charge on any atom is -0.463 e. The van der Waals surface area contributed by atoms with Gasteiger partial charge in [0.2, 0.25) is 0 Å². The third-order valence-electron chi connectivity index (χ3n) is 2.17. The summed E-state index contributed by atoms with van der Waals surface area (Å²) in [5, 5.41) is 2.50. The molecule has 0 unspecified atom stereocenters. The summed E-state index contributed by atoms with van der Waals surface area (Å²) in [6, 6.07) is 8.73. The van der Waals surface area contributed by atoms with Gasteiger partial charge in [-0.1, -0.05) is 18.2 Å². The summed E-state index contributed by atoms with van der Waals surface area (Å²) in [4.78, 5) is 22.8. The third-order valence-corrected chi connectivity index (χ3v) is 2.17. The van der Waals surface area contributed by atoms with Crippen LogP contribution < -0.4 is 10.1 Å². The maximum Gasteiger partial charge on any atom is 0.412 e. The standard InChI is InChI=1S/C14H19NO4/c1-14(2,3)12(16)18-10-9-15-13(17)19-11-7-5-4-6-8-11/h4-8H,9-10H2,1-3H3,(H,15,17). The summed E-state index contributed by atoms with van der Waals surface area (Å²) in [6.45, 7) is 5.65. The van der Waals surface area contributed by atoms with Crippen LogP contribution >= 0.6 is 0 Å². The Morgan fingerprint density at radius 1 is 1.16 bits per heavy atom. The number of rotatable bonds is 4. The fraction of sp³-hybridized carbons (Fsp3) is 0.429. The van der Waals surface area contributed by atoms with Crippen LogP contribution in [0.1, 0.15) is 20.8 Å². The Balaban J connectivity index is 2.20. The highest BCUT2D eigenvalue weighted by Crippen LogP contribution is 2.14. The normalized spacial score (nSPS) is 10.7. The molecule has 0 atom stereocenters. The quantitative estimate of drug-likeness (QED) is 0.670. The van der Waals surface area contributed by atoms with Crippen molar-refractivity contribution in [1.29, 1.82) is 0 Å². The molecule has 5 heteroatoms. The van der Waals surface area contributed by atoms with Crippen LogP contribution in [0.15, 0.2) is 30.3 Å². The second kappa shape index (κ2) is 6.78. The van der Waals surface area contributed by atoms with Crippen LogP contribution in [0.5, 0.6) is 5.75 Å². The molecule has 0 aliphatic heterocycles. The Kier molecular flexibility index (Phi) is 5.36. The smallest absolute Gasteiger partial charge is 0.412 e. The molecular weight excluding hydrogens is 246 g/mol. The van der Waals surface area contributed by atoms with E-state index in [1.807, 2.05) is 6.07 Å². The second-order valence-corrected chi connectivity index (χ2v) is 5.02. The number of amides is 1. The average molecular weight is 265 g/mol. The summed E-state index contributed by atoms with van der Waals surface area (Å²) in [5.74, 6) is 0.164. The molecule has 0 heterocycles. The molecule has 1 amide bonds. The predicted octanol–water partition coefficient (Wildman–Crippen LogP) is 2.36. The number of hydrogen-bond donors (Lipinski definition) is 1. The van der Waals surface area contributed by atoms with Gasteiger partial charge in [0.15, 0.2) is 0 Å². The highest BCUT2D eigenvalue weighted by atomic mass is 16.6. The van der Waals surface area contributed by atoms with Crippen molar-refractivity contribution in [2.24, 2.45) is 5.41 Å². The molecule has 0 saturated heterocycles. The van der Waals surface area contributed by atoms with Crippen molar-refractivity contribution in [3.8, 4) is 5.75 Å². The van der Waals surface area contributed by atoms with Crippen LogP contribution in [-0.4, -0.2) is 25.2 Å². The molecule has 0 radical (unpaired) electrons. The van der Waals surface area contributed by atoms with Crippen LogP contribution in [0.3, 0.4) is 0 Å². The minimum atomic E-state index is -0.571. The van der Waals surface area contributed by atoms with Gasteiger partial charge in [-0.15, -0.1) is 0 Å². The number of para-hydroxylation sites is 1. The first-order valence-electron chi connectivity index (χ1n) is 6.07. The number of benzene rings is 1. The maximum atomic E-state index is 11.4. The molecule has 0 bridgehead atoms. The van der Waals surface area contributed by atoms with Gasteiger partial charge < -0.3 is 14.8 Å². The van der Waals surface area contributed by atoms with Crippen molar-refractivity contribution in [3.05, 3.63) is 30.3 Å². The average Bonchev–Trinajstić information content (AvgIpc) is 2.34. The van der Waals surface area contributed by atoms with Gasteiger partial charge in [0.25, 0.3) is 0 Å². The number of ether oxygens (including phenoxy) is 2. The Morgan fingerprint density at radius 3 is 2.37 bits per heavy atom. The number of nitrogens with one attached hydrogen (secondary N) is 1. The SMILES string of the molecule is CC(C)(C)C(=O)OCCNC(=O)Oc1ccccc1. The number of carbonyl (C=O) groups is 2. The highest BCUT2D eigenvalue weighted by molar-refractivity contribution is 5.75. The van der Waals surface area contributed by atoms with Crippen LogP contribution in [0, 0.1) is 5.41 Å². The van der Waals surface area contributed by atoms with Crippen molar-refractivity contribution in [3.63, 3.8) is 0 Å². The topological polar surface area (TPSA) is 64.6 Å². The molecule has 0 fully saturated rings. The molecule has 1 aromatic carbocycles. The van der Waals surface area contributed by atoms with E-state index in [0.29, 0.717) is 5.75 Å². The predicted molar refractivity (Wildman–Crippen MR) is 70.9 cm³/mol. The maximum absolute atomic E-state index is 11.4. The van der Waals surface area contributed by atoms with E-state index < -0.39 is 11.5 Å². The molecule has 1 aromatic rings. The molecule has 0 aromatic heterocycles.